The molecule has 2 amide bonds. The van der Waals surface area contributed by atoms with Gasteiger partial charge in [0.15, 0.2) is 5.13 Å². The molecule has 0 bridgehead atoms. The summed E-state index contributed by atoms with van der Waals surface area (Å²) in [7, 11) is -3.40. The van der Waals surface area contributed by atoms with Crippen LogP contribution in [-0.4, -0.2) is 31.5 Å². The van der Waals surface area contributed by atoms with Crippen molar-refractivity contribution in [2.24, 2.45) is 0 Å². The van der Waals surface area contributed by atoms with Gasteiger partial charge in [0.1, 0.15) is 0 Å². The minimum atomic E-state index is -3.40. The van der Waals surface area contributed by atoms with Crippen LogP contribution < -0.4 is 15.4 Å². The van der Waals surface area contributed by atoms with Crippen LogP contribution in [-0.2, 0) is 32.5 Å². The van der Waals surface area contributed by atoms with Gasteiger partial charge in [-0.25, -0.2) is 13.4 Å². The van der Waals surface area contributed by atoms with Crippen LogP contribution in [0.3, 0.4) is 0 Å². The van der Waals surface area contributed by atoms with Crippen LogP contribution in [0.4, 0.5) is 16.5 Å². The average molecular weight is 445 g/mol. The summed E-state index contributed by atoms with van der Waals surface area (Å²) in [6, 6.07) is 15.8. The molecule has 3 aromatic rings. The second kappa shape index (κ2) is 9.51. The summed E-state index contributed by atoms with van der Waals surface area (Å²) in [5.74, 6) is -0.485. The molecule has 0 saturated carbocycles. The largest absolute Gasteiger partial charge is 0.326 e. The molecule has 0 radical (unpaired) electrons. The SMILES string of the molecule is CS(=O)(=O)Nc1cccc(NC(=O)Cc2csc(NC(=O)Cc3ccccc3)n2)c1. The molecule has 8 nitrogen and oxygen atoms in total. The Morgan fingerprint density at radius 3 is 2.37 bits per heavy atom. The monoisotopic (exact) mass is 444 g/mol. The Morgan fingerprint density at radius 2 is 1.63 bits per heavy atom. The summed E-state index contributed by atoms with van der Waals surface area (Å²) in [4.78, 5) is 28.7. The van der Waals surface area contributed by atoms with Gasteiger partial charge in [0.05, 0.1) is 30.5 Å². The quantitative estimate of drug-likeness (QED) is 0.494. The van der Waals surface area contributed by atoms with Crippen LogP contribution in [0, 0.1) is 0 Å². The third-order valence-electron chi connectivity index (χ3n) is 3.80. The van der Waals surface area contributed by atoms with Crippen molar-refractivity contribution >= 4 is 49.7 Å². The van der Waals surface area contributed by atoms with E-state index in [0.717, 1.165) is 11.8 Å². The summed E-state index contributed by atoms with van der Waals surface area (Å²) in [5, 5.41) is 7.57. The summed E-state index contributed by atoms with van der Waals surface area (Å²) >= 11 is 1.25. The number of sulfonamides is 1. The normalized spacial score (nSPS) is 11.0. The zero-order chi connectivity index (χ0) is 21.6. The minimum Gasteiger partial charge on any atom is -0.326 e. The number of thiazole rings is 1. The lowest BCUT2D eigenvalue weighted by Gasteiger charge is -2.08. The topological polar surface area (TPSA) is 117 Å². The van der Waals surface area contributed by atoms with Crippen molar-refractivity contribution < 1.29 is 18.0 Å². The standard InChI is InChI=1S/C20H20N4O4S2/c1-30(27,28)24-16-9-5-8-15(11-16)21-19(26)12-17-13-29-20(22-17)23-18(25)10-14-6-3-2-4-7-14/h2-9,11,13,24H,10,12H2,1H3,(H,21,26)(H,22,23,25). The number of aromatic nitrogens is 1. The van der Waals surface area contributed by atoms with Crippen molar-refractivity contribution in [1.29, 1.82) is 0 Å². The highest BCUT2D eigenvalue weighted by molar-refractivity contribution is 7.92. The fourth-order valence-corrected chi connectivity index (χ4v) is 3.92. The Hall–Kier alpha value is -3.24. The van der Waals surface area contributed by atoms with Gasteiger partial charge in [0.25, 0.3) is 0 Å². The van der Waals surface area contributed by atoms with Crippen molar-refractivity contribution in [1.82, 2.24) is 4.98 Å². The first kappa shape index (κ1) is 21.5. The van der Waals surface area contributed by atoms with Crippen molar-refractivity contribution in [3.63, 3.8) is 0 Å². The van der Waals surface area contributed by atoms with E-state index < -0.39 is 10.0 Å². The van der Waals surface area contributed by atoms with E-state index in [1.165, 1.54) is 17.4 Å². The molecule has 0 atom stereocenters. The van der Waals surface area contributed by atoms with E-state index >= 15 is 0 Å². The highest BCUT2D eigenvalue weighted by Crippen LogP contribution is 2.19. The second-order valence-electron chi connectivity index (χ2n) is 6.53. The molecule has 0 aliphatic rings. The molecule has 0 aliphatic heterocycles. The lowest BCUT2D eigenvalue weighted by molar-refractivity contribution is -0.116. The number of benzene rings is 2. The Morgan fingerprint density at radius 1 is 0.933 bits per heavy atom. The van der Waals surface area contributed by atoms with Crippen LogP contribution in [0.15, 0.2) is 60.0 Å². The summed E-state index contributed by atoms with van der Waals surface area (Å²) in [6.45, 7) is 0. The third-order valence-corrected chi connectivity index (χ3v) is 5.21. The lowest BCUT2D eigenvalue weighted by Crippen LogP contribution is -2.16. The summed E-state index contributed by atoms with van der Waals surface area (Å²) < 4.78 is 25.0. The van der Waals surface area contributed by atoms with Gasteiger partial charge >= 0.3 is 0 Å². The van der Waals surface area contributed by atoms with Gasteiger partial charge in [-0.1, -0.05) is 36.4 Å². The number of carbonyl (C=O) groups excluding carboxylic acids is 2. The zero-order valence-corrected chi connectivity index (χ0v) is 17.7. The predicted molar refractivity (Wildman–Crippen MR) is 118 cm³/mol. The van der Waals surface area contributed by atoms with E-state index in [9.17, 15) is 18.0 Å². The van der Waals surface area contributed by atoms with Crippen LogP contribution in [0.1, 0.15) is 11.3 Å². The van der Waals surface area contributed by atoms with Gasteiger partial charge in [-0.2, -0.15) is 0 Å². The van der Waals surface area contributed by atoms with E-state index in [4.69, 9.17) is 0 Å². The van der Waals surface area contributed by atoms with Crippen LogP contribution in [0.25, 0.3) is 0 Å². The Kier molecular flexibility index (Phi) is 6.80. The molecule has 10 heteroatoms. The number of nitrogens with one attached hydrogen (secondary N) is 3. The van der Waals surface area contributed by atoms with Crippen LogP contribution in [0.5, 0.6) is 0 Å². The Balaban J connectivity index is 1.53. The third kappa shape index (κ3) is 6.98. The van der Waals surface area contributed by atoms with Crippen molar-refractivity contribution in [3.8, 4) is 0 Å². The number of hydrogen-bond donors (Lipinski definition) is 3. The molecule has 0 aliphatic carbocycles. The number of amides is 2. The number of nitrogens with zero attached hydrogens (tertiary/aromatic N) is 1. The van der Waals surface area contributed by atoms with E-state index in [2.05, 4.69) is 20.3 Å². The molecule has 3 N–H and O–H groups in total. The van der Waals surface area contributed by atoms with Gasteiger partial charge in [-0.3, -0.25) is 14.3 Å². The maximum Gasteiger partial charge on any atom is 0.230 e. The molecular formula is C20H20N4O4S2. The van der Waals surface area contributed by atoms with Gasteiger partial charge in [-0.15, -0.1) is 11.3 Å². The maximum atomic E-state index is 12.3. The van der Waals surface area contributed by atoms with Crippen molar-refractivity contribution in [3.05, 3.63) is 71.2 Å². The van der Waals surface area contributed by atoms with Crippen LogP contribution in [0.2, 0.25) is 0 Å². The second-order valence-corrected chi connectivity index (χ2v) is 9.14. The van der Waals surface area contributed by atoms with E-state index in [0.29, 0.717) is 22.2 Å². The van der Waals surface area contributed by atoms with Gasteiger partial charge in [0.2, 0.25) is 21.8 Å². The van der Waals surface area contributed by atoms with Gasteiger partial charge < -0.3 is 10.6 Å². The van der Waals surface area contributed by atoms with Gasteiger partial charge in [0, 0.05) is 11.1 Å². The Bertz CT molecular complexity index is 1140. The highest BCUT2D eigenvalue weighted by Gasteiger charge is 2.11. The Labute approximate surface area is 178 Å². The fourth-order valence-electron chi connectivity index (χ4n) is 2.63. The van der Waals surface area contributed by atoms with E-state index in [-0.39, 0.29) is 24.7 Å². The van der Waals surface area contributed by atoms with Crippen LogP contribution >= 0.6 is 11.3 Å². The van der Waals surface area contributed by atoms with E-state index in [1.54, 1.807) is 23.6 Å². The molecular weight excluding hydrogens is 424 g/mol. The number of hydrogen-bond acceptors (Lipinski definition) is 6. The number of rotatable bonds is 8. The van der Waals surface area contributed by atoms with Crippen molar-refractivity contribution in [2.75, 3.05) is 21.6 Å². The molecule has 2 aromatic carbocycles. The first-order chi connectivity index (χ1) is 14.3. The highest BCUT2D eigenvalue weighted by atomic mass is 32.2. The maximum absolute atomic E-state index is 12.3. The predicted octanol–water partition coefficient (Wildman–Crippen LogP) is 2.88. The molecule has 0 unspecified atom stereocenters. The summed E-state index contributed by atoms with van der Waals surface area (Å²) in [5.41, 5.74) is 2.24. The van der Waals surface area contributed by atoms with E-state index in [1.807, 2.05) is 30.3 Å². The zero-order valence-electron chi connectivity index (χ0n) is 16.1. The fraction of sp³-hybridized carbons (Fsp3) is 0.150. The minimum absolute atomic E-state index is 0.0226. The number of anilines is 3. The first-order valence-electron chi connectivity index (χ1n) is 8.93. The van der Waals surface area contributed by atoms with Gasteiger partial charge in [-0.05, 0) is 23.8 Å². The first-order valence-corrected chi connectivity index (χ1v) is 11.7. The molecule has 3 rings (SSSR count). The molecule has 1 aromatic heterocycles. The molecule has 0 fully saturated rings. The summed E-state index contributed by atoms with van der Waals surface area (Å²) in [6.07, 6.45) is 1.32. The average Bonchev–Trinajstić information content (AvgIpc) is 3.07. The molecule has 30 heavy (non-hydrogen) atoms. The smallest absolute Gasteiger partial charge is 0.230 e. The molecule has 0 spiro atoms. The number of carbonyl (C=O) groups is 2. The molecule has 0 saturated heterocycles. The molecule has 156 valence electrons. The lowest BCUT2D eigenvalue weighted by atomic mass is 10.1. The molecule has 1 heterocycles. The van der Waals surface area contributed by atoms with Crippen molar-refractivity contribution in [2.45, 2.75) is 12.8 Å².